The Morgan fingerprint density at radius 1 is 1.19 bits per heavy atom. The second-order valence-electron chi connectivity index (χ2n) is 6.37. The number of halogens is 3. The van der Waals surface area contributed by atoms with Gasteiger partial charge in [-0.15, -0.1) is 0 Å². The monoisotopic (exact) mass is 297 g/mol. The quantitative estimate of drug-likeness (QED) is 0.780. The lowest BCUT2D eigenvalue weighted by atomic mass is 9.88. The molecule has 114 valence electrons. The van der Waals surface area contributed by atoms with Crippen molar-refractivity contribution in [1.82, 2.24) is 4.90 Å². The summed E-state index contributed by atoms with van der Waals surface area (Å²) in [6.07, 6.45) is 4.88. The minimum absolute atomic E-state index is 0.142. The molecule has 3 rings (SSSR count). The van der Waals surface area contributed by atoms with Crippen molar-refractivity contribution >= 4 is 5.91 Å². The molecule has 0 N–H and O–H groups in total. The van der Waals surface area contributed by atoms with E-state index in [2.05, 4.69) is 0 Å². The molecule has 0 saturated heterocycles. The number of rotatable bonds is 3. The molecule has 2 saturated carbocycles. The van der Waals surface area contributed by atoms with Gasteiger partial charge in [0, 0.05) is 19.2 Å². The maximum Gasteiger partial charge on any atom is 0.253 e. The van der Waals surface area contributed by atoms with Gasteiger partial charge in [0.2, 0.25) is 0 Å². The van der Waals surface area contributed by atoms with Crippen molar-refractivity contribution < 1.29 is 18.0 Å². The summed E-state index contributed by atoms with van der Waals surface area (Å²) < 4.78 is 39.3. The summed E-state index contributed by atoms with van der Waals surface area (Å²) in [5, 5.41) is 0. The number of hydrogen-bond donors (Lipinski definition) is 0. The summed E-state index contributed by atoms with van der Waals surface area (Å²) in [7, 11) is 1.63. The number of carbonyl (C=O) groups is 1. The standard InChI is InChI=1S/C16H18F3NO/c1-20(8-12-5-9-2-3-10(12)4-9)16(21)11-6-13(17)15(19)14(18)7-11/h6-7,9-10,12H,2-5,8H2,1H3. The number of nitrogens with zero attached hydrogens (tertiary/aromatic N) is 1. The van der Waals surface area contributed by atoms with Crippen LogP contribution in [0, 0.1) is 35.2 Å². The first-order chi connectivity index (χ1) is 9.95. The van der Waals surface area contributed by atoms with E-state index >= 15 is 0 Å². The van der Waals surface area contributed by atoms with Gasteiger partial charge in [-0.2, -0.15) is 0 Å². The first-order valence-electron chi connectivity index (χ1n) is 7.35. The molecule has 1 aromatic rings. The molecule has 2 nitrogen and oxygen atoms in total. The van der Waals surface area contributed by atoms with E-state index in [0.29, 0.717) is 18.4 Å². The second-order valence-corrected chi connectivity index (χ2v) is 6.37. The van der Waals surface area contributed by atoms with Gasteiger partial charge in [-0.1, -0.05) is 6.42 Å². The maximum absolute atomic E-state index is 13.2. The third-order valence-electron chi connectivity index (χ3n) is 4.97. The molecule has 2 bridgehead atoms. The van der Waals surface area contributed by atoms with Crippen molar-refractivity contribution in [3.05, 3.63) is 35.1 Å². The topological polar surface area (TPSA) is 20.3 Å². The van der Waals surface area contributed by atoms with E-state index < -0.39 is 23.4 Å². The number of benzene rings is 1. The summed E-state index contributed by atoms with van der Waals surface area (Å²) >= 11 is 0. The van der Waals surface area contributed by atoms with E-state index in [1.165, 1.54) is 24.2 Å². The molecule has 3 atom stereocenters. The number of carbonyl (C=O) groups excluding carboxylic acids is 1. The summed E-state index contributed by atoms with van der Waals surface area (Å²) in [6, 6.07) is 1.52. The Kier molecular flexibility index (Phi) is 3.68. The highest BCUT2D eigenvalue weighted by Gasteiger charge is 2.40. The molecule has 0 radical (unpaired) electrons. The van der Waals surface area contributed by atoms with Crippen molar-refractivity contribution in [3.8, 4) is 0 Å². The van der Waals surface area contributed by atoms with Crippen molar-refractivity contribution in [3.63, 3.8) is 0 Å². The van der Waals surface area contributed by atoms with Crippen LogP contribution in [-0.4, -0.2) is 24.4 Å². The Bertz CT molecular complexity index is 552. The van der Waals surface area contributed by atoms with Gasteiger partial charge < -0.3 is 4.90 Å². The average molecular weight is 297 g/mol. The highest BCUT2D eigenvalue weighted by atomic mass is 19.2. The molecule has 21 heavy (non-hydrogen) atoms. The zero-order chi connectivity index (χ0) is 15.1. The van der Waals surface area contributed by atoms with Crippen LogP contribution in [0.4, 0.5) is 13.2 Å². The van der Waals surface area contributed by atoms with Crippen molar-refractivity contribution in [2.75, 3.05) is 13.6 Å². The number of fused-ring (bicyclic) bond motifs is 2. The second kappa shape index (κ2) is 5.35. The summed E-state index contributed by atoms with van der Waals surface area (Å²) in [5.41, 5.74) is -0.142. The zero-order valence-electron chi connectivity index (χ0n) is 11.9. The molecular weight excluding hydrogens is 279 g/mol. The minimum atomic E-state index is -1.54. The van der Waals surface area contributed by atoms with E-state index in [0.717, 1.165) is 24.5 Å². The fraction of sp³-hybridized carbons (Fsp3) is 0.562. The largest absolute Gasteiger partial charge is 0.341 e. The van der Waals surface area contributed by atoms with Crippen molar-refractivity contribution in [1.29, 1.82) is 0 Å². The third-order valence-corrected chi connectivity index (χ3v) is 4.97. The average Bonchev–Trinajstić information content (AvgIpc) is 3.05. The lowest BCUT2D eigenvalue weighted by Crippen LogP contribution is -2.34. The number of amides is 1. The van der Waals surface area contributed by atoms with Gasteiger partial charge in [0.05, 0.1) is 0 Å². The lowest BCUT2D eigenvalue weighted by Gasteiger charge is -2.27. The van der Waals surface area contributed by atoms with Gasteiger partial charge in [0.15, 0.2) is 17.5 Å². The Labute approximate surface area is 121 Å². The first kappa shape index (κ1) is 14.4. The highest BCUT2D eigenvalue weighted by Crippen LogP contribution is 2.48. The van der Waals surface area contributed by atoms with Gasteiger partial charge >= 0.3 is 0 Å². The predicted molar refractivity (Wildman–Crippen MR) is 72.2 cm³/mol. The lowest BCUT2D eigenvalue weighted by molar-refractivity contribution is 0.0753. The van der Waals surface area contributed by atoms with Crippen molar-refractivity contribution in [2.45, 2.75) is 25.7 Å². The van der Waals surface area contributed by atoms with Crippen LogP contribution in [-0.2, 0) is 0 Å². The smallest absolute Gasteiger partial charge is 0.253 e. The van der Waals surface area contributed by atoms with Gasteiger partial charge in [-0.3, -0.25) is 4.79 Å². The van der Waals surface area contributed by atoms with E-state index in [1.807, 2.05) is 0 Å². The van der Waals surface area contributed by atoms with Gasteiger partial charge in [-0.25, -0.2) is 13.2 Å². The van der Waals surface area contributed by atoms with Crippen LogP contribution in [0.5, 0.6) is 0 Å². The fourth-order valence-electron chi connectivity index (χ4n) is 3.93. The Hall–Kier alpha value is -1.52. The van der Waals surface area contributed by atoms with Gasteiger partial charge in [0.25, 0.3) is 5.91 Å². The molecule has 2 fully saturated rings. The molecule has 0 aromatic heterocycles. The third kappa shape index (κ3) is 2.65. The maximum atomic E-state index is 13.2. The molecule has 3 unspecified atom stereocenters. The van der Waals surface area contributed by atoms with Crippen LogP contribution in [0.25, 0.3) is 0 Å². The van der Waals surface area contributed by atoms with Crippen LogP contribution in [0.15, 0.2) is 12.1 Å². The molecule has 2 aliphatic carbocycles. The Morgan fingerprint density at radius 3 is 2.38 bits per heavy atom. The molecule has 1 amide bonds. The Balaban J connectivity index is 1.70. The summed E-state index contributed by atoms with van der Waals surface area (Å²) in [6.45, 7) is 0.598. The zero-order valence-corrected chi connectivity index (χ0v) is 11.9. The Morgan fingerprint density at radius 2 is 1.86 bits per heavy atom. The van der Waals surface area contributed by atoms with E-state index in [1.54, 1.807) is 7.05 Å². The molecule has 0 spiro atoms. The molecule has 0 heterocycles. The summed E-state index contributed by atoms with van der Waals surface area (Å²) in [4.78, 5) is 13.7. The molecule has 1 aromatic carbocycles. The normalized spacial score (nSPS) is 27.1. The number of hydrogen-bond acceptors (Lipinski definition) is 1. The first-order valence-corrected chi connectivity index (χ1v) is 7.35. The molecule has 2 aliphatic rings. The van der Waals surface area contributed by atoms with Crippen LogP contribution >= 0.6 is 0 Å². The highest BCUT2D eigenvalue weighted by molar-refractivity contribution is 5.94. The predicted octanol–water partition coefficient (Wildman–Crippen LogP) is 3.61. The SMILES string of the molecule is CN(CC1CC2CCC1C2)C(=O)c1cc(F)c(F)c(F)c1. The summed E-state index contributed by atoms with van der Waals surface area (Å²) in [5.74, 6) is -2.72. The van der Waals surface area contributed by atoms with Crippen LogP contribution in [0.1, 0.15) is 36.0 Å². The minimum Gasteiger partial charge on any atom is -0.341 e. The van der Waals surface area contributed by atoms with Crippen LogP contribution < -0.4 is 0 Å². The van der Waals surface area contributed by atoms with E-state index in [4.69, 9.17) is 0 Å². The molecule has 5 heteroatoms. The van der Waals surface area contributed by atoms with Crippen LogP contribution in [0.2, 0.25) is 0 Å². The van der Waals surface area contributed by atoms with Gasteiger partial charge in [-0.05, 0) is 49.1 Å². The van der Waals surface area contributed by atoms with E-state index in [-0.39, 0.29) is 5.56 Å². The van der Waals surface area contributed by atoms with E-state index in [9.17, 15) is 18.0 Å². The van der Waals surface area contributed by atoms with Crippen LogP contribution in [0.3, 0.4) is 0 Å². The van der Waals surface area contributed by atoms with Gasteiger partial charge in [0.1, 0.15) is 0 Å². The molecular formula is C16H18F3NO. The molecule has 0 aliphatic heterocycles. The fourth-order valence-corrected chi connectivity index (χ4v) is 3.93. The van der Waals surface area contributed by atoms with Crippen molar-refractivity contribution in [2.24, 2.45) is 17.8 Å².